The molecule has 0 aromatic carbocycles. The van der Waals surface area contributed by atoms with Gasteiger partial charge in [-0.05, 0) is 29.9 Å². The molecule has 0 fully saturated rings. The van der Waals surface area contributed by atoms with E-state index in [1.54, 1.807) is 6.92 Å². The van der Waals surface area contributed by atoms with E-state index in [-0.39, 0.29) is 17.8 Å². The number of rotatable bonds is 1. The molecule has 0 radical (unpaired) electrons. The Balaban J connectivity index is 3.16. The predicted molar refractivity (Wildman–Crippen MR) is 49.2 cm³/mol. The van der Waals surface area contributed by atoms with E-state index in [0.29, 0.717) is 12.0 Å². The Kier molecular flexibility index (Phi) is 2.59. The van der Waals surface area contributed by atoms with Crippen LogP contribution in [0, 0.1) is 5.41 Å². The third-order valence-electron chi connectivity index (χ3n) is 2.80. The van der Waals surface area contributed by atoms with E-state index >= 15 is 0 Å². The normalized spacial score (nSPS) is 28.1. The zero-order valence-electron chi connectivity index (χ0n) is 8.29. The standard InChI is InChI=1S/C10H16O3/c1-6-7(5-11)10(2,3)4-8(12)9(6)13/h8,11-12H,4-5H2,1-3H3/t8-/m0/s1. The predicted octanol–water partition coefficient (Wildman–Crippen LogP) is 0.655. The number of Topliss-reactive ketones (excluding diaryl/α,β-unsaturated/α-hetero) is 1. The minimum Gasteiger partial charge on any atom is -0.392 e. The lowest BCUT2D eigenvalue weighted by molar-refractivity contribution is -0.125. The van der Waals surface area contributed by atoms with Gasteiger partial charge >= 0.3 is 0 Å². The largest absolute Gasteiger partial charge is 0.392 e. The van der Waals surface area contributed by atoms with Crippen molar-refractivity contribution in [1.29, 1.82) is 0 Å². The third-order valence-corrected chi connectivity index (χ3v) is 2.80. The maximum Gasteiger partial charge on any atom is 0.187 e. The summed E-state index contributed by atoms with van der Waals surface area (Å²) >= 11 is 0. The molecule has 13 heavy (non-hydrogen) atoms. The minimum absolute atomic E-state index is 0.0999. The van der Waals surface area contributed by atoms with Gasteiger partial charge < -0.3 is 10.2 Å². The van der Waals surface area contributed by atoms with Crippen LogP contribution in [0.3, 0.4) is 0 Å². The Morgan fingerprint density at radius 1 is 1.54 bits per heavy atom. The average molecular weight is 184 g/mol. The first-order valence-electron chi connectivity index (χ1n) is 4.43. The summed E-state index contributed by atoms with van der Waals surface area (Å²) in [5.74, 6) is -0.247. The second-order valence-corrected chi connectivity index (χ2v) is 4.23. The second-order valence-electron chi connectivity index (χ2n) is 4.23. The van der Waals surface area contributed by atoms with Crippen molar-refractivity contribution in [2.75, 3.05) is 6.61 Å². The zero-order chi connectivity index (χ0) is 10.2. The molecular formula is C10H16O3. The number of carbonyl (C=O) groups excluding carboxylic acids is 1. The van der Waals surface area contributed by atoms with Crippen LogP contribution in [0.4, 0.5) is 0 Å². The van der Waals surface area contributed by atoms with Gasteiger partial charge in [0.15, 0.2) is 5.78 Å². The summed E-state index contributed by atoms with van der Waals surface area (Å²) in [7, 11) is 0. The lowest BCUT2D eigenvalue weighted by atomic mass is 9.71. The number of hydrogen-bond acceptors (Lipinski definition) is 3. The van der Waals surface area contributed by atoms with Gasteiger partial charge in [-0.3, -0.25) is 4.79 Å². The molecule has 0 amide bonds. The van der Waals surface area contributed by atoms with Gasteiger partial charge in [-0.15, -0.1) is 0 Å². The van der Waals surface area contributed by atoms with E-state index in [2.05, 4.69) is 0 Å². The fourth-order valence-corrected chi connectivity index (χ4v) is 1.94. The molecule has 0 heterocycles. The summed E-state index contributed by atoms with van der Waals surface area (Å²) < 4.78 is 0. The summed E-state index contributed by atoms with van der Waals surface area (Å²) in [5.41, 5.74) is 1.00. The van der Waals surface area contributed by atoms with Crippen molar-refractivity contribution in [3.05, 3.63) is 11.1 Å². The van der Waals surface area contributed by atoms with E-state index in [1.165, 1.54) is 0 Å². The van der Waals surface area contributed by atoms with Gasteiger partial charge in [-0.1, -0.05) is 13.8 Å². The second kappa shape index (κ2) is 3.24. The number of carbonyl (C=O) groups is 1. The van der Waals surface area contributed by atoms with Gasteiger partial charge in [-0.2, -0.15) is 0 Å². The fourth-order valence-electron chi connectivity index (χ4n) is 1.94. The van der Waals surface area contributed by atoms with Gasteiger partial charge in [0.1, 0.15) is 6.10 Å². The molecule has 1 aliphatic rings. The molecule has 74 valence electrons. The van der Waals surface area contributed by atoms with E-state index in [1.807, 2.05) is 13.8 Å². The Morgan fingerprint density at radius 2 is 2.08 bits per heavy atom. The summed E-state index contributed by atoms with van der Waals surface area (Å²) in [4.78, 5) is 11.4. The molecule has 0 unspecified atom stereocenters. The van der Waals surface area contributed by atoms with Gasteiger partial charge in [0.05, 0.1) is 6.61 Å². The van der Waals surface area contributed by atoms with E-state index in [9.17, 15) is 9.90 Å². The van der Waals surface area contributed by atoms with Crippen molar-refractivity contribution < 1.29 is 15.0 Å². The van der Waals surface area contributed by atoms with Gasteiger partial charge in [0.25, 0.3) is 0 Å². The minimum atomic E-state index is -0.898. The van der Waals surface area contributed by atoms with Crippen LogP contribution in [0.25, 0.3) is 0 Å². The number of aliphatic hydroxyl groups is 2. The van der Waals surface area contributed by atoms with Gasteiger partial charge in [-0.25, -0.2) is 0 Å². The third kappa shape index (κ3) is 1.67. The van der Waals surface area contributed by atoms with Crippen molar-refractivity contribution in [2.24, 2.45) is 5.41 Å². The molecule has 0 bridgehead atoms. The number of ketones is 1. The summed E-state index contributed by atoms with van der Waals surface area (Å²) in [6.07, 6.45) is -0.496. The van der Waals surface area contributed by atoms with Crippen molar-refractivity contribution in [3.8, 4) is 0 Å². The summed E-state index contributed by atoms with van der Waals surface area (Å²) in [5, 5.41) is 18.5. The quantitative estimate of drug-likeness (QED) is 0.629. The average Bonchev–Trinajstić information content (AvgIpc) is 2.00. The lowest BCUT2D eigenvalue weighted by Gasteiger charge is -2.35. The van der Waals surface area contributed by atoms with Crippen LogP contribution in [0.15, 0.2) is 11.1 Å². The summed E-state index contributed by atoms with van der Waals surface area (Å²) in [6.45, 7) is 5.42. The van der Waals surface area contributed by atoms with Gasteiger partial charge in [0, 0.05) is 0 Å². The van der Waals surface area contributed by atoms with Crippen molar-refractivity contribution in [1.82, 2.24) is 0 Å². The van der Waals surface area contributed by atoms with Crippen LogP contribution in [-0.4, -0.2) is 28.7 Å². The van der Waals surface area contributed by atoms with Crippen LogP contribution in [0.1, 0.15) is 27.2 Å². The van der Waals surface area contributed by atoms with Crippen LogP contribution < -0.4 is 0 Å². The topological polar surface area (TPSA) is 57.5 Å². The zero-order valence-corrected chi connectivity index (χ0v) is 8.29. The molecule has 0 aromatic heterocycles. The first kappa shape index (κ1) is 10.4. The van der Waals surface area contributed by atoms with E-state index < -0.39 is 6.10 Å². The molecule has 0 saturated carbocycles. The molecule has 0 spiro atoms. The Morgan fingerprint density at radius 3 is 2.54 bits per heavy atom. The highest BCUT2D eigenvalue weighted by molar-refractivity contribution is 6.00. The molecule has 1 aliphatic carbocycles. The van der Waals surface area contributed by atoms with Crippen molar-refractivity contribution >= 4 is 5.78 Å². The smallest absolute Gasteiger partial charge is 0.187 e. The van der Waals surface area contributed by atoms with Crippen molar-refractivity contribution in [2.45, 2.75) is 33.3 Å². The van der Waals surface area contributed by atoms with E-state index in [0.717, 1.165) is 5.57 Å². The Labute approximate surface area is 78.1 Å². The SMILES string of the molecule is CC1=C(CO)C(C)(C)C[C@H](O)C1=O. The molecule has 1 rings (SSSR count). The number of aliphatic hydroxyl groups excluding tert-OH is 2. The molecule has 0 aromatic rings. The van der Waals surface area contributed by atoms with Crippen LogP contribution in [-0.2, 0) is 4.79 Å². The highest BCUT2D eigenvalue weighted by Crippen LogP contribution is 2.38. The van der Waals surface area contributed by atoms with Crippen LogP contribution in [0.2, 0.25) is 0 Å². The first-order valence-corrected chi connectivity index (χ1v) is 4.43. The van der Waals surface area contributed by atoms with Crippen molar-refractivity contribution in [3.63, 3.8) is 0 Å². The molecular weight excluding hydrogens is 168 g/mol. The van der Waals surface area contributed by atoms with Crippen LogP contribution >= 0.6 is 0 Å². The maximum absolute atomic E-state index is 11.4. The Bertz CT molecular complexity index is 263. The molecule has 0 aliphatic heterocycles. The van der Waals surface area contributed by atoms with Gasteiger partial charge in [0.2, 0.25) is 0 Å². The molecule has 3 nitrogen and oxygen atoms in total. The first-order chi connectivity index (χ1) is 5.90. The molecule has 0 saturated heterocycles. The monoisotopic (exact) mass is 184 g/mol. The van der Waals surface area contributed by atoms with E-state index in [4.69, 9.17) is 5.11 Å². The molecule has 1 atom stereocenters. The summed E-state index contributed by atoms with van der Waals surface area (Å²) in [6, 6.07) is 0. The molecule has 3 heteroatoms. The molecule has 2 N–H and O–H groups in total. The highest BCUT2D eigenvalue weighted by Gasteiger charge is 2.37. The Hall–Kier alpha value is -0.670. The maximum atomic E-state index is 11.4. The number of hydrogen-bond donors (Lipinski definition) is 2. The van der Waals surface area contributed by atoms with Crippen LogP contribution in [0.5, 0.6) is 0 Å². The lowest BCUT2D eigenvalue weighted by Crippen LogP contribution is -2.37. The highest BCUT2D eigenvalue weighted by atomic mass is 16.3. The fraction of sp³-hybridized carbons (Fsp3) is 0.700.